The van der Waals surface area contributed by atoms with Gasteiger partial charge in [-0.3, -0.25) is 9.69 Å². The fraction of sp³-hybridized carbons (Fsp3) is 0.267. The minimum Gasteiger partial charge on any atom is -0.446 e. The van der Waals surface area contributed by atoms with Crippen molar-refractivity contribution in [2.24, 2.45) is 0 Å². The van der Waals surface area contributed by atoms with E-state index in [1.54, 1.807) is 26.2 Å². The molecule has 0 aromatic carbocycles. The number of carbonyl (C=O) groups is 2. The lowest BCUT2D eigenvalue weighted by atomic mass is 10.4. The zero-order chi connectivity index (χ0) is 19.0. The Bertz CT molecular complexity index is 994. The Kier molecular flexibility index (Phi) is 4.64. The minimum absolute atomic E-state index is 0.0557. The first-order valence-corrected chi connectivity index (χ1v) is 8.34. The average Bonchev–Trinajstić information content (AvgIpc) is 3.20. The standard InChI is InChI=1S/C15H17BrN7O3/c1-20(2)12(24)7-21(3)15(25)22-6-9(17)14-18-13(19-23(14)8-22)10-4-5-11(16)26-10/h4-6,8H,7,17H2,1-3H3/q+1. The smallest absolute Gasteiger partial charge is 0.443 e. The number of amides is 2. The van der Waals surface area contributed by atoms with E-state index in [1.807, 2.05) is 0 Å². The van der Waals surface area contributed by atoms with Gasteiger partial charge >= 0.3 is 6.03 Å². The molecular formula is C15H17BrN7O3+. The topological polar surface area (TPSA) is 114 Å². The van der Waals surface area contributed by atoms with Crippen LogP contribution in [-0.4, -0.2) is 64.0 Å². The van der Waals surface area contributed by atoms with Crippen molar-refractivity contribution in [2.45, 2.75) is 0 Å². The predicted octanol–water partition coefficient (Wildman–Crippen LogP) is 0.610. The summed E-state index contributed by atoms with van der Waals surface area (Å²) in [5.41, 5.74) is 6.66. The molecule has 0 saturated heterocycles. The number of rotatable bonds is 3. The van der Waals surface area contributed by atoms with Gasteiger partial charge < -0.3 is 15.1 Å². The van der Waals surface area contributed by atoms with E-state index in [2.05, 4.69) is 26.0 Å². The molecule has 136 valence electrons. The summed E-state index contributed by atoms with van der Waals surface area (Å²) >= 11 is 3.23. The van der Waals surface area contributed by atoms with E-state index in [0.717, 1.165) is 0 Å². The van der Waals surface area contributed by atoms with E-state index in [9.17, 15) is 9.59 Å². The van der Waals surface area contributed by atoms with Gasteiger partial charge in [0.15, 0.2) is 10.4 Å². The van der Waals surface area contributed by atoms with Crippen molar-refractivity contribution in [3.63, 3.8) is 0 Å². The van der Waals surface area contributed by atoms with Crippen LogP contribution in [0.3, 0.4) is 0 Å². The van der Waals surface area contributed by atoms with Gasteiger partial charge in [-0.05, 0) is 28.1 Å². The number of carbonyl (C=O) groups excluding carboxylic acids is 2. The van der Waals surface area contributed by atoms with E-state index in [0.29, 0.717) is 21.9 Å². The summed E-state index contributed by atoms with van der Waals surface area (Å²) in [5, 5.41) is 4.29. The number of nitrogens with two attached hydrogens (primary N) is 1. The van der Waals surface area contributed by atoms with E-state index >= 15 is 0 Å². The third-order valence-electron chi connectivity index (χ3n) is 3.61. The van der Waals surface area contributed by atoms with Gasteiger partial charge in [-0.25, -0.2) is 4.79 Å². The summed E-state index contributed by atoms with van der Waals surface area (Å²) in [6.45, 7) is -0.0557. The van der Waals surface area contributed by atoms with Gasteiger partial charge in [0.25, 0.3) is 5.91 Å². The molecule has 0 bridgehead atoms. The number of nitrogen functional groups attached to an aromatic ring is 1. The summed E-state index contributed by atoms with van der Waals surface area (Å²) in [4.78, 5) is 31.4. The Morgan fingerprint density at radius 3 is 2.69 bits per heavy atom. The van der Waals surface area contributed by atoms with Crippen LogP contribution in [0, 0.1) is 0 Å². The van der Waals surface area contributed by atoms with Crippen molar-refractivity contribution in [3.05, 3.63) is 29.3 Å². The van der Waals surface area contributed by atoms with Crippen LogP contribution >= 0.6 is 15.9 Å². The second kappa shape index (κ2) is 6.75. The highest BCUT2D eigenvalue weighted by Gasteiger charge is 2.24. The molecule has 3 heterocycles. The van der Waals surface area contributed by atoms with Crippen LogP contribution in [0.15, 0.2) is 33.7 Å². The van der Waals surface area contributed by atoms with Gasteiger partial charge in [0.05, 0.1) is 7.05 Å². The molecule has 10 nitrogen and oxygen atoms in total. The molecule has 0 aliphatic heterocycles. The first-order valence-electron chi connectivity index (χ1n) is 7.54. The maximum absolute atomic E-state index is 12.6. The zero-order valence-electron chi connectivity index (χ0n) is 14.4. The molecule has 0 saturated carbocycles. The molecule has 0 atom stereocenters. The fourth-order valence-corrected chi connectivity index (χ4v) is 2.52. The van der Waals surface area contributed by atoms with Crippen LogP contribution < -0.4 is 10.3 Å². The number of furan rings is 1. The van der Waals surface area contributed by atoms with Crippen molar-refractivity contribution < 1.29 is 18.6 Å². The molecule has 11 heteroatoms. The van der Waals surface area contributed by atoms with E-state index < -0.39 is 6.03 Å². The summed E-state index contributed by atoms with van der Waals surface area (Å²) in [6, 6.07) is 3.02. The number of halogens is 1. The number of hydrogen-bond acceptors (Lipinski definition) is 6. The lowest BCUT2D eigenvalue weighted by Gasteiger charge is -2.15. The molecule has 0 aliphatic rings. The van der Waals surface area contributed by atoms with Crippen LogP contribution in [0.2, 0.25) is 0 Å². The summed E-state index contributed by atoms with van der Waals surface area (Å²) in [5.74, 6) is 0.609. The van der Waals surface area contributed by atoms with Gasteiger partial charge in [-0.1, -0.05) is 5.10 Å². The lowest BCUT2D eigenvalue weighted by Crippen LogP contribution is -2.53. The maximum Gasteiger partial charge on any atom is 0.443 e. The highest BCUT2D eigenvalue weighted by atomic mass is 79.9. The molecule has 0 spiro atoms. The SMILES string of the molecule is CN(C)C(=O)CN(C)C(=O)[n+]1cc(N)c2nc(-c3ccc(Br)o3)nn2c1. The van der Waals surface area contributed by atoms with E-state index in [1.165, 1.54) is 38.5 Å². The Balaban J connectivity index is 1.93. The Morgan fingerprint density at radius 2 is 2.08 bits per heavy atom. The lowest BCUT2D eigenvalue weighted by molar-refractivity contribution is -0.581. The number of likely N-dealkylation sites (N-methyl/N-ethyl adjacent to an activating group) is 2. The van der Waals surface area contributed by atoms with Crippen LogP contribution in [0.5, 0.6) is 0 Å². The molecule has 3 aromatic heterocycles. The van der Waals surface area contributed by atoms with Gasteiger partial charge in [-0.2, -0.15) is 9.55 Å². The third-order valence-corrected chi connectivity index (χ3v) is 4.04. The summed E-state index contributed by atoms with van der Waals surface area (Å²) < 4.78 is 8.63. The number of nitrogens with zero attached hydrogens (tertiary/aromatic N) is 6. The van der Waals surface area contributed by atoms with Crippen LogP contribution in [0.4, 0.5) is 10.5 Å². The predicted molar refractivity (Wildman–Crippen MR) is 95.1 cm³/mol. The first kappa shape index (κ1) is 17.9. The fourth-order valence-electron chi connectivity index (χ4n) is 2.21. The highest BCUT2D eigenvalue weighted by Crippen LogP contribution is 2.23. The molecule has 0 unspecified atom stereocenters. The quantitative estimate of drug-likeness (QED) is 0.618. The molecular weight excluding hydrogens is 406 g/mol. The molecule has 0 aliphatic carbocycles. The van der Waals surface area contributed by atoms with Crippen molar-refractivity contribution in [3.8, 4) is 11.6 Å². The normalized spacial score (nSPS) is 10.9. The largest absolute Gasteiger partial charge is 0.446 e. The first-order chi connectivity index (χ1) is 12.3. The number of anilines is 1. The average molecular weight is 423 g/mol. The molecule has 2 N–H and O–H groups in total. The monoisotopic (exact) mass is 422 g/mol. The van der Waals surface area contributed by atoms with Crippen molar-refractivity contribution in [1.82, 2.24) is 24.4 Å². The van der Waals surface area contributed by atoms with E-state index in [4.69, 9.17) is 10.2 Å². The summed E-state index contributed by atoms with van der Waals surface area (Å²) in [6.07, 6.45) is 2.88. The highest BCUT2D eigenvalue weighted by molar-refractivity contribution is 9.10. The third kappa shape index (κ3) is 3.38. The summed E-state index contributed by atoms with van der Waals surface area (Å²) in [7, 11) is 4.79. The van der Waals surface area contributed by atoms with Crippen LogP contribution in [-0.2, 0) is 4.79 Å². The van der Waals surface area contributed by atoms with Gasteiger partial charge in [0.2, 0.25) is 17.8 Å². The minimum atomic E-state index is -0.424. The van der Waals surface area contributed by atoms with Crippen LogP contribution in [0.25, 0.3) is 17.2 Å². The number of aromatic nitrogens is 4. The zero-order valence-corrected chi connectivity index (χ0v) is 16.0. The number of fused-ring (bicyclic) bond motifs is 1. The Labute approximate surface area is 156 Å². The second-order valence-corrected chi connectivity index (χ2v) is 6.62. The molecule has 0 fully saturated rings. The maximum atomic E-state index is 12.6. The Morgan fingerprint density at radius 1 is 1.35 bits per heavy atom. The number of hydrogen-bond donors (Lipinski definition) is 1. The molecule has 3 rings (SSSR count). The van der Waals surface area contributed by atoms with E-state index in [-0.39, 0.29) is 18.1 Å². The second-order valence-electron chi connectivity index (χ2n) is 5.84. The van der Waals surface area contributed by atoms with Crippen molar-refractivity contribution >= 4 is 39.2 Å². The molecule has 2 amide bonds. The Hall–Kier alpha value is -2.95. The van der Waals surface area contributed by atoms with Crippen molar-refractivity contribution in [2.75, 3.05) is 33.4 Å². The van der Waals surface area contributed by atoms with Gasteiger partial charge in [-0.15, -0.1) is 4.52 Å². The van der Waals surface area contributed by atoms with Crippen molar-refractivity contribution in [1.29, 1.82) is 0 Å². The van der Waals surface area contributed by atoms with Gasteiger partial charge in [0, 0.05) is 14.1 Å². The molecule has 0 radical (unpaired) electrons. The van der Waals surface area contributed by atoms with Crippen LogP contribution in [0.1, 0.15) is 0 Å². The molecule has 3 aromatic rings. The van der Waals surface area contributed by atoms with Gasteiger partial charge in [0.1, 0.15) is 18.4 Å². The molecule has 26 heavy (non-hydrogen) atoms.